The molecule has 0 fully saturated rings. The van der Waals surface area contributed by atoms with Crippen molar-refractivity contribution in [3.63, 3.8) is 0 Å². The van der Waals surface area contributed by atoms with E-state index in [1.54, 1.807) is 0 Å². The van der Waals surface area contributed by atoms with E-state index in [0.29, 0.717) is 5.75 Å². The van der Waals surface area contributed by atoms with Crippen LogP contribution >= 0.6 is 0 Å². The fourth-order valence-corrected chi connectivity index (χ4v) is 1.76. The molecule has 0 atom stereocenters. The Morgan fingerprint density at radius 2 is 1.79 bits per heavy atom. The molecule has 14 heavy (non-hydrogen) atoms. The van der Waals surface area contributed by atoms with Gasteiger partial charge in [-0.25, -0.2) is 0 Å². The van der Waals surface area contributed by atoms with Gasteiger partial charge in [0.05, 0.1) is 0 Å². The van der Waals surface area contributed by atoms with E-state index in [-0.39, 0.29) is 0 Å². The van der Waals surface area contributed by atoms with Gasteiger partial charge in [0.15, 0.2) is 0 Å². The van der Waals surface area contributed by atoms with Crippen molar-refractivity contribution >= 4 is 0 Å². The summed E-state index contributed by atoms with van der Waals surface area (Å²) in [5.74, 6) is 0.520. The second kappa shape index (κ2) is 5.04. The van der Waals surface area contributed by atoms with Crippen molar-refractivity contribution in [2.75, 3.05) is 0 Å². The molecule has 0 spiro atoms. The molecule has 1 rings (SSSR count). The summed E-state index contributed by atoms with van der Waals surface area (Å²) < 4.78 is 0. The van der Waals surface area contributed by atoms with Gasteiger partial charge in [0.2, 0.25) is 0 Å². The molecule has 0 aliphatic heterocycles. The lowest BCUT2D eigenvalue weighted by Gasteiger charge is -2.09. The number of unbranched alkanes of at least 4 members (excludes halogenated alkanes) is 1. The molecular weight excluding hydrogens is 172 g/mol. The second-order valence-electron chi connectivity index (χ2n) is 3.89. The Bertz CT molecular complexity index is 302. The Balaban J connectivity index is 2.96. The lowest BCUT2D eigenvalue weighted by molar-refractivity contribution is 0.460. The number of hydrogen-bond acceptors (Lipinski definition) is 1. The first-order valence-electron chi connectivity index (χ1n) is 5.50. The second-order valence-corrected chi connectivity index (χ2v) is 3.89. The first kappa shape index (κ1) is 11.1. The van der Waals surface area contributed by atoms with Crippen molar-refractivity contribution in [1.82, 2.24) is 0 Å². The molecule has 1 N–H and O–H groups in total. The van der Waals surface area contributed by atoms with Gasteiger partial charge in [-0.05, 0) is 37.3 Å². The van der Waals surface area contributed by atoms with E-state index in [4.69, 9.17) is 0 Å². The lowest BCUT2D eigenvalue weighted by atomic mass is 9.99. The van der Waals surface area contributed by atoms with Gasteiger partial charge >= 0.3 is 0 Å². The molecule has 0 unspecified atom stereocenters. The number of hydrogen-bond donors (Lipinski definition) is 1. The molecule has 0 radical (unpaired) electrons. The molecular formula is C13H20O. The van der Waals surface area contributed by atoms with Crippen molar-refractivity contribution in [1.29, 1.82) is 0 Å². The van der Waals surface area contributed by atoms with Crippen LogP contribution < -0.4 is 0 Å². The Morgan fingerprint density at radius 1 is 1.14 bits per heavy atom. The fraction of sp³-hybridized carbons (Fsp3) is 0.538. The zero-order valence-electron chi connectivity index (χ0n) is 9.43. The largest absolute Gasteiger partial charge is 0.507 e. The molecule has 0 heterocycles. The molecule has 0 bridgehead atoms. The third kappa shape index (κ3) is 2.50. The summed E-state index contributed by atoms with van der Waals surface area (Å²) in [5.41, 5.74) is 3.45. The maximum Gasteiger partial charge on any atom is 0.121 e. The number of benzene rings is 1. The minimum Gasteiger partial charge on any atom is -0.507 e. The summed E-state index contributed by atoms with van der Waals surface area (Å²) >= 11 is 0. The minimum absolute atomic E-state index is 0.520. The molecule has 1 aromatic rings. The maximum atomic E-state index is 9.94. The van der Waals surface area contributed by atoms with Crippen LogP contribution in [0.1, 0.15) is 43.4 Å². The van der Waals surface area contributed by atoms with Gasteiger partial charge in [0, 0.05) is 0 Å². The zero-order chi connectivity index (χ0) is 10.6. The van der Waals surface area contributed by atoms with E-state index in [2.05, 4.69) is 32.9 Å². The first-order chi connectivity index (χ1) is 6.69. The number of rotatable bonds is 4. The highest BCUT2D eigenvalue weighted by molar-refractivity contribution is 5.43. The van der Waals surface area contributed by atoms with Crippen LogP contribution in [0.15, 0.2) is 12.1 Å². The molecule has 0 aliphatic rings. The van der Waals surface area contributed by atoms with Crippen molar-refractivity contribution in [3.8, 4) is 5.75 Å². The Labute approximate surface area is 86.8 Å². The van der Waals surface area contributed by atoms with Crippen molar-refractivity contribution in [2.45, 2.75) is 46.5 Å². The van der Waals surface area contributed by atoms with Gasteiger partial charge in [-0.2, -0.15) is 0 Å². The number of phenols is 1. The highest BCUT2D eigenvalue weighted by Crippen LogP contribution is 2.26. The average Bonchev–Trinajstić information content (AvgIpc) is 2.18. The zero-order valence-corrected chi connectivity index (χ0v) is 9.43. The van der Waals surface area contributed by atoms with Gasteiger partial charge in [-0.15, -0.1) is 0 Å². The molecule has 0 saturated carbocycles. The number of phenolic OH excluding ortho intramolecular Hbond substituents is 1. The summed E-state index contributed by atoms with van der Waals surface area (Å²) in [4.78, 5) is 0. The topological polar surface area (TPSA) is 20.2 Å². The molecule has 0 aliphatic carbocycles. The van der Waals surface area contributed by atoms with E-state index in [1.807, 2.05) is 0 Å². The maximum absolute atomic E-state index is 9.94. The standard InChI is InChI=1S/C13H20O/c1-4-6-7-12-9-10(3)8-11(5-2)13(12)14/h8-9,14H,4-7H2,1-3H3. The predicted molar refractivity (Wildman–Crippen MR) is 60.8 cm³/mol. The van der Waals surface area contributed by atoms with E-state index in [9.17, 15) is 5.11 Å². The predicted octanol–water partition coefficient (Wildman–Crippen LogP) is 3.61. The van der Waals surface area contributed by atoms with Crippen molar-refractivity contribution in [2.24, 2.45) is 0 Å². The van der Waals surface area contributed by atoms with E-state index >= 15 is 0 Å². The molecule has 1 aromatic carbocycles. The van der Waals surface area contributed by atoms with Crippen LogP contribution in [-0.4, -0.2) is 5.11 Å². The Kier molecular flexibility index (Phi) is 3.99. The van der Waals surface area contributed by atoms with Gasteiger partial charge in [0.1, 0.15) is 5.75 Å². The number of aryl methyl sites for hydroxylation is 3. The van der Waals surface area contributed by atoms with E-state index < -0.39 is 0 Å². The number of aromatic hydroxyl groups is 1. The average molecular weight is 192 g/mol. The van der Waals surface area contributed by atoms with Crippen molar-refractivity contribution in [3.05, 3.63) is 28.8 Å². The van der Waals surface area contributed by atoms with Crippen LogP contribution in [0, 0.1) is 6.92 Å². The summed E-state index contributed by atoms with van der Waals surface area (Å²) in [6.07, 6.45) is 4.23. The first-order valence-corrected chi connectivity index (χ1v) is 5.50. The van der Waals surface area contributed by atoms with Crippen LogP contribution in [0.4, 0.5) is 0 Å². The minimum atomic E-state index is 0.520. The molecule has 78 valence electrons. The van der Waals surface area contributed by atoms with Crippen LogP contribution in [0.5, 0.6) is 5.75 Å². The highest BCUT2D eigenvalue weighted by Gasteiger charge is 2.06. The van der Waals surface area contributed by atoms with E-state index in [1.165, 1.54) is 12.0 Å². The van der Waals surface area contributed by atoms with Crippen LogP contribution in [0.3, 0.4) is 0 Å². The molecule has 0 amide bonds. The van der Waals surface area contributed by atoms with Crippen LogP contribution in [0.2, 0.25) is 0 Å². The highest BCUT2D eigenvalue weighted by atomic mass is 16.3. The Hall–Kier alpha value is -0.980. The monoisotopic (exact) mass is 192 g/mol. The van der Waals surface area contributed by atoms with Crippen LogP contribution in [0.25, 0.3) is 0 Å². The Morgan fingerprint density at radius 3 is 2.36 bits per heavy atom. The third-order valence-corrected chi connectivity index (χ3v) is 2.59. The molecule has 1 heteroatoms. The van der Waals surface area contributed by atoms with E-state index in [0.717, 1.165) is 30.4 Å². The van der Waals surface area contributed by atoms with Gasteiger partial charge in [-0.3, -0.25) is 0 Å². The van der Waals surface area contributed by atoms with Gasteiger partial charge in [-0.1, -0.05) is 38.0 Å². The molecule has 0 saturated heterocycles. The third-order valence-electron chi connectivity index (χ3n) is 2.59. The smallest absolute Gasteiger partial charge is 0.121 e. The van der Waals surface area contributed by atoms with Crippen LogP contribution in [-0.2, 0) is 12.8 Å². The summed E-state index contributed by atoms with van der Waals surface area (Å²) in [5, 5.41) is 9.94. The quantitative estimate of drug-likeness (QED) is 0.772. The SMILES string of the molecule is CCCCc1cc(C)cc(CC)c1O. The fourth-order valence-electron chi connectivity index (χ4n) is 1.76. The molecule has 1 nitrogen and oxygen atoms in total. The van der Waals surface area contributed by atoms with Crippen molar-refractivity contribution < 1.29 is 5.11 Å². The van der Waals surface area contributed by atoms with Gasteiger partial charge in [0.25, 0.3) is 0 Å². The summed E-state index contributed by atoms with van der Waals surface area (Å²) in [7, 11) is 0. The summed E-state index contributed by atoms with van der Waals surface area (Å²) in [6, 6.07) is 4.18. The van der Waals surface area contributed by atoms with Gasteiger partial charge < -0.3 is 5.11 Å². The molecule has 0 aromatic heterocycles. The lowest BCUT2D eigenvalue weighted by Crippen LogP contribution is -1.92. The normalized spacial score (nSPS) is 10.5. The summed E-state index contributed by atoms with van der Waals surface area (Å²) in [6.45, 7) is 6.35.